The highest BCUT2D eigenvalue weighted by Crippen LogP contribution is 2.38. The van der Waals surface area contributed by atoms with Crippen LogP contribution in [-0.4, -0.2) is 23.1 Å². The van der Waals surface area contributed by atoms with Gasteiger partial charge in [0, 0.05) is 18.7 Å². The molecule has 102 valence electrons. The maximum atomic E-state index is 5.85. The normalized spacial score (nSPS) is 16.5. The number of para-hydroxylation sites is 2. The fraction of sp³-hybridized carbons (Fsp3) is 0.286. The third kappa shape index (κ3) is 1.69. The van der Waals surface area contributed by atoms with Gasteiger partial charge >= 0.3 is 0 Å². The smallest absolute Gasteiger partial charge is 0.222 e. The number of aromatic nitrogens is 2. The van der Waals surface area contributed by atoms with E-state index >= 15 is 0 Å². The molecule has 0 radical (unpaired) electrons. The van der Waals surface area contributed by atoms with Crippen LogP contribution in [0.4, 0.5) is 17.5 Å². The van der Waals surface area contributed by atoms with Gasteiger partial charge in [-0.2, -0.15) is 4.98 Å². The molecular formula is C14H15N5O. The molecule has 6 nitrogen and oxygen atoms in total. The number of anilines is 3. The van der Waals surface area contributed by atoms with Gasteiger partial charge < -0.3 is 20.7 Å². The molecule has 0 spiro atoms. The first-order valence-corrected chi connectivity index (χ1v) is 6.68. The summed E-state index contributed by atoms with van der Waals surface area (Å²) < 4.78 is 5.69. The third-order valence-corrected chi connectivity index (χ3v) is 3.67. The molecule has 0 aliphatic carbocycles. The van der Waals surface area contributed by atoms with Crippen LogP contribution in [0.5, 0.6) is 5.75 Å². The summed E-state index contributed by atoms with van der Waals surface area (Å²) in [5, 5.41) is 3.30. The number of fused-ring (bicyclic) bond motifs is 2. The highest BCUT2D eigenvalue weighted by Gasteiger charge is 2.26. The summed E-state index contributed by atoms with van der Waals surface area (Å²) in [6, 6.07) is 8.00. The Bertz CT molecular complexity index is 673. The Labute approximate surface area is 116 Å². The second kappa shape index (κ2) is 4.35. The Kier molecular flexibility index (Phi) is 2.50. The number of nitrogens with one attached hydrogen (secondary N) is 1. The molecule has 2 aliphatic heterocycles. The average molecular weight is 269 g/mol. The first-order chi connectivity index (χ1) is 9.83. The number of nitrogen functional groups attached to an aromatic ring is 1. The monoisotopic (exact) mass is 269 g/mol. The summed E-state index contributed by atoms with van der Waals surface area (Å²) in [7, 11) is 0. The van der Waals surface area contributed by atoms with Gasteiger partial charge in [0.2, 0.25) is 5.95 Å². The maximum Gasteiger partial charge on any atom is 0.222 e. The maximum absolute atomic E-state index is 5.85. The van der Waals surface area contributed by atoms with E-state index in [9.17, 15) is 0 Å². The number of nitrogens with zero attached hydrogens (tertiary/aromatic N) is 3. The molecule has 0 atom stereocenters. The van der Waals surface area contributed by atoms with Crippen molar-refractivity contribution in [2.75, 3.05) is 23.8 Å². The number of benzene rings is 1. The standard InChI is InChI=1S/C14H15N5O/c15-14-17-10-8-16-7-9(10)13(18-14)19-5-6-20-12-4-2-1-3-11(12)19/h1-4,16H,5-8H2,(H2,15,17,18). The predicted molar refractivity (Wildman–Crippen MR) is 75.9 cm³/mol. The van der Waals surface area contributed by atoms with E-state index in [0.717, 1.165) is 48.1 Å². The molecule has 2 aromatic rings. The Morgan fingerprint density at radius 1 is 1.20 bits per heavy atom. The highest BCUT2D eigenvalue weighted by molar-refractivity contribution is 5.71. The molecule has 3 heterocycles. The quantitative estimate of drug-likeness (QED) is 0.810. The van der Waals surface area contributed by atoms with E-state index in [1.165, 1.54) is 0 Å². The van der Waals surface area contributed by atoms with Gasteiger partial charge in [0.1, 0.15) is 18.2 Å². The zero-order chi connectivity index (χ0) is 13.5. The van der Waals surface area contributed by atoms with Crippen LogP contribution < -0.4 is 20.7 Å². The largest absolute Gasteiger partial charge is 0.490 e. The second-order valence-electron chi connectivity index (χ2n) is 4.90. The van der Waals surface area contributed by atoms with Gasteiger partial charge in [0.15, 0.2) is 0 Å². The molecule has 1 aromatic heterocycles. The average Bonchev–Trinajstić information content (AvgIpc) is 2.94. The topological polar surface area (TPSA) is 76.3 Å². The molecule has 3 N–H and O–H groups in total. The van der Waals surface area contributed by atoms with Crippen molar-refractivity contribution in [3.63, 3.8) is 0 Å². The van der Waals surface area contributed by atoms with Gasteiger partial charge in [-0.25, -0.2) is 4.98 Å². The Morgan fingerprint density at radius 3 is 3.05 bits per heavy atom. The van der Waals surface area contributed by atoms with Crippen LogP contribution in [0.25, 0.3) is 0 Å². The molecule has 0 amide bonds. The zero-order valence-corrected chi connectivity index (χ0v) is 11.0. The van der Waals surface area contributed by atoms with Crippen LogP contribution in [0.3, 0.4) is 0 Å². The third-order valence-electron chi connectivity index (χ3n) is 3.67. The summed E-state index contributed by atoms with van der Waals surface area (Å²) in [5.74, 6) is 2.11. The number of nitrogens with two attached hydrogens (primary N) is 1. The van der Waals surface area contributed by atoms with Crippen LogP contribution in [-0.2, 0) is 13.1 Å². The number of rotatable bonds is 1. The van der Waals surface area contributed by atoms with Crippen molar-refractivity contribution >= 4 is 17.5 Å². The fourth-order valence-electron chi connectivity index (χ4n) is 2.78. The van der Waals surface area contributed by atoms with Gasteiger partial charge in [-0.15, -0.1) is 0 Å². The van der Waals surface area contributed by atoms with Crippen LogP contribution in [0.1, 0.15) is 11.3 Å². The van der Waals surface area contributed by atoms with E-state index in [-0.39, 0.29) is 0 Å². The lowest BCUT2D eigenvalue weighted by molar-refractivity contribution is 0.313. The minimum atomic E-state index is 0.325. The van der Waals surface area contributed by atoms with E-state index in [0.29, 0.717) is 12.6 Å². The van der Waals surface area contributed by atoms with Gasteiger partial charge in [0.05, 0.1) is 17.9 Å². The van der Waals surface area contributed by atoms with Crippen molar-refractivity contribution in [1.29, 1.82) is 0 Å². The van der Waals surface area contributed by atoms with Crippen molar-refractivity contribution in [3.05, 3.63) is 35.5 Å². The molecule has 0 unspecified atom stereocenters. The van der Waals surface area contributed by atoms with E-state index in [1.54, 1.807) is 0 Å². The summed E-state index contributed by atoms with van der Waals surface area (Å²) >= 11 is 0. The van der Waals surface area contributed by atoms with E-state index in [1.807, 2.05) is 24.3 Å². The van der Waals surface area contributed by atoms with Crippen molar-refractivity contribution in [2.45, 2.75) is 13.1 Å². The van der Waals surface area contributed by atoms with Gasteiger partial charge in [0.25, 0.3) is 0 Å². The Balaban J connectivity index is 1.87. The van der Waals surface area contributed by atoms with Gasteiger partial charge in [-0.05, 0) is 12.1 Å². The van der Waals surface area contributed by atoms with Crippen molar-refractivity contribution < 1.29 is 4.74 Å². The lowest BCUT2D eigenvalue weighted by atomic mass is 10.2. The number of ether oxygens (including phenoxy) is 1. The molecular weight excluding hydrogens is 254 g/mol. The van der Waals surface area contributed by atoms with Crippen LogP contribution in [0.15, 0.2) is 24.3 Å². The van der Waals surface area contributed by atoms with Crippen LogP contribution in [0, 0.1) is 0 Å². The van der Waals surface area contributed by atoms with Crippen LogP contribution in [0.2, 0.25) is 0 Å². The summed E-state index contributed by atoms with van der Waals surface area (Å²) in [6.45, 7) is 2.94. The predicted octanol–water partition coefficient (Wildman–Crippen LogP) is 1.19. The SMILES string of the molecule is Nc1nc2c(c(N3CCOc4ccccc43)n1)CNC2. The minimum absolute atomic E-state index is 0.325. The minimum Gasteiger partial charge on any atom is -0.490 e. The van der Waals surface area contributed by atoms with E-state index in [4.69, 9.17) is 10.5 Å². The van der Waals surface area contributed by atoms with Crippen molar-refractivity contribution in [2.24, 2.45) is 0 Å². The van der Waals surface area contributed by atoms with Crippen molar-refractivity contribution in [1.82, 2.24) is 15.3 Å². The highest BCUT2D eigenvalue weighted by atomic mass is 16.5. The Hall–Kier alpha value is -2.34. The Morgan fingerprint density at radius 2 is 2.10 bits per heavy atom. The first-order valence-electron chi connectivity index (χ1n) is 6.68. The molecule has 4 rings (SSSR count). The molecule has 1 aromatic carbocycles. The van der Waals surface area contributed by atoms with Crippen molar-refractivity contribution in [3.8, 4) is 5.75 Å². The fourth-order valence-corrected chi connectivity index (χ4v) is 2.78. The molecule has 0 bridgehead atoms. The van der Waals surface area contributed by atoms with Crippen LogP contribution >= 0.6 is 0 Å². The first kappa shape index (κ1) is 11.5. The summed E-state index contributed by atoms with van der Waals surface area (Å²) in [5.41, 5.74) is 9.02. The summed E-state index contributed by atoms with van der Waals surface area (Å²) in [6.07, 6.45) is 0. The molecule has 20 heavy (non-hydrogen) atoms. The molecule has 0 saturated carbocycles. The molecule has 0 fully saturated rings. The van der Waals surface area contributed by atoms with E-state index < -0.39 is 0 Å². The van der Waals surface area contributed by atoms with E-state index in [2.05, 4.69) is 20.2 Å². The van der Waals surface area contributed by atoms with Gasteiger partial charge in [-0.1, -0.05) is 12.1 Å². The molecule has 6 heteroatoms. The summed E-state index contributed by atoms with van der Waals surface area (Å²) in [4.78, 5) is 10.9. The number of hydrogen-bond acceptors (Lipinski definition) is 6. The molecule has 0 saturated heterocycles. The van der Waals surface area contributed by atoms with Gasteiger partial charge in [-0.3, -0.25) is 0 Å². The lowest BCUT2D eigenvalue weighted by Gasteiger charge is -2.31. The number of hydrogen-bond donors (Lipinski definition) is 2. The second-order valence-corrected chi connectivity index (χ2v) is 4.90. The molecule has 2 aliphatic rings. The lowest BCUT2D eigenvalue weighted by Crippen LogP contribution is -2.30. The zero-order valence-electron chi connectivity index (χ0n) is 11.0.